The second kappa shape index (κ2) is 6.21. The van der Waals surface area contributed by atoms with Gasteiger partial charge in [-0.05, 0) is 33.0 Å². The smallest absolute Gasteiger partial charge is 0.101 e. The molecule has 4 nitrogen and oxygen atoms in total. The van der Waals surface area contributed by atoms with Crippen molar-refractivity contribution in [1.29, 1.82) is 0 Å². The van der Waals surface area contributed by atoms with E-state index in [4.69, 9.17) is 11.6 Å². The maximum absolute atomic E-state index is 5.85. The molecule has 0 radical (unpaired) electrons. The number of aromatic nitrogens is 3. The fraction of sp³-hybridized carbons (Fsp3) is 0.818. The van der Waals surface area contributed by atoms with Gasteiger partial charge in [-0.2, -0.15) is 0 Å². The van der Waals surface area contributed by atoms with Crippen molar-refractivity contribution in [2.45, 2.75) is 38.6 Å². The second-order valence-electron chi connectivity index (χ2n) is 4.59. The maximum atomic E-state index is 5.85. The molecule has 1 heterocycles. The Morgan fingerprint density at radius 2 is 2.06 bits per heavy atom. The fourth-order valence-electron chi connectivity index (χ4n) is 1.78. The fourth-order valence-corrected chi connectivity index (χ4v) is 1.98. The molecule has 0 unspecified atom stereocenters. The van der Waals surface area contributed by atoms with Gasteiger partial charge in [0.05, 0.1) is 11.6 Å². The highest BCUT2D eigenvalue weighted by Crippen LogP contribution is 2.19. The van der Waals surface area contributed by atoms with Gasteiger partial charge in [0, 0.05) is 6.54 Å². The molecule has 1 aromatic rings. The molecule has 0 fully saturated rings. The summed E-state index contributed by atoms with van der Waals surface area (Å²) in [5, 5.41) is 8.29. The van der Waals surface area contributed by atoms with Crippen molar-refractivity contribution >= 4 is 11.6 Å². The maximum Gasteiger partial charge on any atom is 0.101 e. The molecule has 0 atom stereocenters. The lowest BCUT2D eigenvalue weighted by atomic mass is 10.1. The Balaban J connectivity index is 2.68. The van der Waals surface area contributed by atoms with Gasteiger partial charge in [-0.1, -0.05) is 19.1 Å². The van der Waals surface area contributed by atoms with Crippen molar-refractivity contribution in [3.8, 4) is 0 Å². The monoisotopic (exact) mass is 244 g/mol. The van der Waals surface area contributed by atoms with Crippen LogP contribution in [0.3, 0.4) is 0 Å². The third kappa shape index (κ3) is 3.46. The number of aryl methyl sites for hydroxylation is 1. The number of halogens is 1. The zero-order chi connectivity index (χ0) is 12.1. The van der Waals surface area contributed by atoms with Crippen molar-refractivity contribution in [2.75, 3.05) is 20.6 Å². The Kier molecular flexibility index (Phi) is 5.22. The molecule has 1 aromatic heterocycles. The zero-order valence-electron chi connectivity index (χ0n) is 10.6. The van der Waals surface area contributed by atoms with Crippen LogP contribution in [0.4, 0.5) is 0 Å². The summed E-state index contributed by atoms with van der Waals surface area (Å²) in [6, 6.07) is 0. The molecule has 1 rings (SSSR count). The van der Waals surface area contributed by atoms with Crippen LogP contribution >= 0.6 is 11.6 Å². The molecule has 92 valence electrons. The Morgan fingerprint density at radius 1 is 1.38 bits per heavy atom. The first-order valence-electron chi connectivity index (χ1n) is 5.69. The van der Waals surface area contributed by atoms with Crippen molar-refractivity contribution in [3.05, 3.63) is 11.4 Å². The number of rotatable bonds is 6. The van der Waals surface area contributed by atoms with E-state index in [1.165, 1.54) is 5.69 Å². The van der Waals surface area contributed by atoms with E-state index in [-0.39, 0.29) is 0 Å². The van der Waals surface area contributed by atoms with Crippen molar-refractivity contribution in [1.82, 2.24) is 19.9 Å². The van der Waals surface area contributed by atoms with Crippen LogP contribution in [0.1, 0.15) is 37.6 Å². The second-order valence-corrected chi connectivity index (χ2v) is 4.86. The first-order chi connectivity index (χ1) is 7.56. The van der Waals surface area contributed by atoms with E-state index in [0.29, 0.717) is 11.8 Å². The van der Waals surface area contributed by atoms with E-state index >= 15 is 0 Å². The molecule has 16 heavy (non-hydrogen) atoms. The summed E-state index contributed by atoms with van der Waals surface area (Å²) in [6.07, 6.45) is 1.08. The summed E-state index contributed by atoms with van der Waals surface area (Å²) in [5.74, 6) is 0.865. The highest BCUT2D eigenvalue weighted by molar-refractivity contribution is 6.16. The molecule has 0 spiro atoms. The quantitative estimate of drug-likeness (QED) is 0.719. The van der Waals surface area contributed by atoms with E-state index in [9.17, 15) is 0 Å². The highest BCUT2D eigenvalue weighted by atomic mass is 35.5. The van der Waals surface area contributed by atoms with Gasteiger partial charge in [0.15, 0.2) is 0 Å². The minimum atomic E-state index is 0.420. The molecule has 0 aliphatic heterocycles. The SMILES string of the molecule is CC(C)c1c(CCl)nnn1CCCN(C)C. The zero-order valence-corrected chi connectivity index (χ0v) is 11.3. The van der Waals surface area contributed by atoms with Gasteiger partial charge in [0.25, 0.3) is 0 Å². The molecular formula is C11H21ClN4. The lowest BCUT2D eigenvalue weighted by Crippen LogP contribution is -2.16. The molecule has 0 saturated carbocycles. The number of hydrogen-bond acceptors (Lipinski definition) is 3. The average molecular weight is 245 g/mol. The Morgan fingerprint density at radius 3 is 2.56 bits per heavy atom. The van der Waals surface area contributed by atoms with Gasteiger partial charge in [0.2, 0.25) is 0 Å². The van der Waals surface area contributed by atoms with Crippen LogP contribution in [-0.4, -0.2) is 40.5 Å². The summed E-state index contributed by atoms with van der Waals surface area (Å²) < 4.78 is 1.99. The summed E-state index contributed by atoms with van der Waals surface area (Å²) in [5.41, 5.74) is 2.09. The third-order valence-corrected chi connectivity index (χ3v) is 2.75. The van der Waals surface area contributed by atoms with Crippen LogP contribution < -0.4 is 0 Å². The van der Waals surface area contributed by atoms with Gasteiger partial charge in [-0.15, -0.1) is 16.7 Å². The van der Waals surface area contributed by atoms with Crippen molar-refractivity contribution in [3.63, 3.8) is 0 Å². The van der Waals surface area contributed by atoms with Crippen LogP contribution in [0, 0.1) is 0 Å². The Hall–Kier alpha value is -0.610. The first kappa shape index (κ1) is 13.5. The van der Waals surface area contributed by atoms with Crippen LogP contribution in [0.25, 0.3) is 0 Å². The highest BCUT2D eigenvalue weighted by Gasteiger charge is 2.14. The first-order valence-corrected chi connectivity index (χ1v) is 6.22. The predicted molar refractivity (Wildman–Crippen MR) is 66.8 cm³/mol. The van der Waals surface area contributed by atoms with Gasteiger partial charge >= 0.3 is 0 Å². The minimum Gasteiger partial charge on any atom is -0.309 e. The van der Waals surface area contributed by atoms with E-state index < -0.39 is 0 Å². The summed E-state index contributed by atoms with van der Waals surface area (Å²) in [4.78, 5) is 2.18. The summed E-state index contributed by atoms with van der Waals surface area (Å²) in [6.45, 7) is 6.28. The number of nitrogens with zero attached hydrogens (tertiary/aromatic N) is 4. The topological polar surface area (TPSA) is 34.0 Å². The largest absolute Gasteiger partial charge is 0.309 e. The van der Waals surface area contributed by atoms with E-state index in [1.54, 1.807) is 0 Å². The Labute approximate surface area is 103 Å². The van der Waals surface area contributed by atoms with Crippen LogP contribution in [0.15, 0.2) is 0 Å². The number of hydrogen-bond donors (Lipinski definition) is 0. The third-order valence-electron chi connectivity index (χ3n) is 2.50. The summed E-state index contributed by atoms with van der Waals surface area (Å²) in [7, 11) is 4.16. The Bertz CT molecular complexity index is 320. The normalized spacial score (nSPS) is 11.7. The van der Waals surface area contributed by atoms with Crippen LogP contribution in [-0.2, 0) is 12.4 Å². The van der Waals surface area contributed by atoms with Crippen LogP contribution in [0.5, 0.6) is 0 Å². The molecule has 0 bridgehead atoms. The minimum absolute atomic E-state index is 0.420. The number of alkyl halides is 1. The molecule has 0 aromatic carbocycles. The van der Waals surface area contributed by atoms with Gasteiger partial charge in [0.1, 0.15) is 5.69 Å². The van der Waals surface area contributed by atoms with Crippen LogP contribution in [0.2, 0.25) is 0 Å². The lowest BCUT2D eigenvalue weighted by molar-refractivity contribution is 0.375. The van der Waals surface area contributed by atoms with Crippen molar-refractivity contribution in [2.24, 2.45) is 0 Å². The van der Waals surface area contributed by atoms with E-state index in [0.717, 1.165) is 25.2 Å². The average Bonchev–Trinajstić information content (AvgIpc) is 2.60. The van der Waals surface area contributed by atoms with Gasteiger partial charge in [-0.3, -0.25) is 0 Å². The van der Waals surface area contributed by atoms with E-state index in [1.807, 2.05) is 4.68 Å². The molecule has 0 saturated heterocycles. The van der Waals surface area contributed by atoms with Gasteiger partial charge < -0.3 is 4.90 Å². The van der Waals surface area contributed by atoms with E-state index in [2.05, 4.69) is 43.2 Å². The standard InChI is InChI=1S/C11H21ClN4/c1-9(2)11-10(8-12)13-14-16(11)7-5-6-15(3)4/h9H,5-8H2,1-4H3. The molecule has 0 aliphatic carbocycles. The summed E-state index contributed by atoms with van der Waals surface area (Å²) >= 11 is 5.85. The van der Waals surface area contributed by atoms with Crippen molar-refractivity contribution < 1.29 is 0 Å². The lowest BCUT2D eigenvalue weighted by Gasteiger charge is -2.12. The molecular weight excluding hydrogens is 224 g/mol. The molecule has 0 aliphatic rings. The molecule has 0 N–H and O–H groups in total. The van der Waals surface area contributed by atoms with Gasteiger partial charge in [-0.25, -0.2) is 4.68 Å². The predicted octanol–water partition coefficient (Wildman–Crippen LogP) is 2.09. The molecule has 5 heteroatoms. The molecule has 0 amide bonds.